The predicted molar refractivity (Wildman–Crippen MR) is 112 cm³/mol. The van der Waals surface area contributed by atoms with Crippen LogP contribution >= 0.6 is 0 Å². The molecule has 0 aliphatic rings. The molecule has 0 N–H and O–H groups in total. The van der Waals surface area contributed by atoms with Gasteiger partial charge in [0.1, 0.15) is 5.75 Å². The fourth-order valence-electron chi connectivity index (χ4n) is 3.38. The molecule has 0 unspecified atom stereocenters. The average molecular weight is 345 g/mol. The monoisotopic (exact) mass is 345 g/mol. The highest BCUT2D eigenvalue weighted by atomic mass is 16.5. The highest BCUT2D eigenvalue weighted by Gasteiger charge is 2.13. The lowest BCUT2D eigenvalue weighted by Crippen LogP contribution is -1.97. The Balaban J connectivity index is 2.19. The van der Waals surface area contributed by atoms with Crippen molar-refractivity contribution in [1.82, 2.24) is 0 Å². The summed E-state index contributed by atoms with van der Waals surface area (Å²) < 4.78 is 5.61. The van der Waals surface area contributed by atoms with Crippen molar-refractivity contribution in [1.29, 1.82) is 0 Å². The van der Waals surface area contributed by atoms with E-state index < -0.39 is 0 Å². The Morgan fingerprint density at radius 3 is 2.08 bits per heavy atom. The fourth-order valence-corrected chi connectivity index (χ4v) is 3.38. The van der Waals surface area contributed by atoms with Crippen LogP contribution in [0.4, 0.5) is 5.69 Å². The van der Waals surface area contributed by atoms with Gasteiger partial charge in [-0.1, -0.05) is 76.2 Å². The van der Waals surface area contributed by atoms with Crippen LogP contribution in [0.5, 0.6) is 5.75 Å². The normalized spacial score (nSPS) is 11.8. The van der Waals surface area contributed by atoms with Crippen LogP contribution in [-0.4, -0.2) is 13.3 Å². The first-order chi connectivity index (χ1) is 12.5. The van der Waals surface area contributed by atoms with Gasteiger partial charge in [-0.25, -0.2) is 0 Å². The number of methoxy groups -OCH3 is 1. The summed E-state index contributed by atoms with van der Waals surface area (Å²) in [6.07, 6.45) is 1.97. The Kier molecular flexibility index (Phi) is 5.41. The van der Waals surface area contributed by atoms with Crippen molar-refractivity contribution in [2.45, 2.75) is 39.5 Å². The largest absolute Gasteiger partial charge is 0.496 e. The molecule has 2 heteroatoms. The molecule has 0 atom stereocenters. The zero-order valence-corrected chi connectivity index (χ0v) is 16.3. The standard InChI is InChI=1S/C24H27NO/c1-16(2)19-11-8-12-20(17(3)4)24(19)25-15-22-21-10-7-6-9-18(21)13-14-23(22)26-5/h6-17H,1-5H3. The van der Waals surface area contributed by atoms with Gasteiger partial charge in [-0.2, -0.15) is 0 Å². The molecule has 0 aliphatic carbocycles. The minimum atomic E-state index is 0.426. The van der Waals surface area contributed by atoms with E-state index in [1.165, 1.54) is 16.5 Å². The molecule has 0 heterocycles. The minimum Gasteiger partial charge on any atom is -0.496 e. The lowest BCUT2D eigenvalue weighted by Gasteiger charge is -2.16. The SMILES string of the molecule is COc1ccc2ccccc2c1C=Nc1c(C(C)C)cccc1C(C)C. The molecule has 0 spiro atoms. The maximum absolute atomic E-state index is 5.61. The Morgan fingerprint density at radius 1 is 0.808 bits per heavy atom. The molecule has 0 aromatic heterocycles. The van der Waals surface area contributed by atoms with Crippen LogP contribution in [0.1, 0.15) is 56.2 Å². The second-order valence-electron chi connectivity index (χ2n) is 7.26. The van der Waals surface area contributed by atoms with Crippen molar-refractivity contribution >= 4 is 22.7 Å². The van der Waals surface area contributed by atoms with Gasteiger partial charge >= 0.3 is 0 Å². The predicted octanol–water partition coefficient (Wildman–Crippen LogP) is 6.85. The van der Waals surface area contributed by atoms with Crippen molar-refractivity contribution in [3.05, 3.63) is 71.3 Å². The van der Waals surface area contributed by atoms with Crippen molar-refractivity contribution < 1.29 is 4.74 Å². The lowest BCUT2D eigenvalue weighted by atomic mass is 9.93. The highest BCUT2D eigenvalue weighted by molar-refractivity contribution is 6.03. The Bertz CT molecular complexity index is 912. The van der Waals surface area contributed by atoms with Gasteiger partial charge in [-0.3, -0.25) is 4.99 Å². The van der Waals surface area contributed by atoms with E-state index in [2.05, 4.69) is 76.2 Å². The van der Waals surface area contributed by atoms with Crippen LogP contribution in [0.25, 0.3) is 10.8 Å². The van der Waals surface area contributed by atoms with Crippen molar-refractivity contribution in [3.63, 3.8) is 0 Å². The Labute approximate surface area is 156 Å². The van der Waals surface area contributed by atoms with Crippen LogP contribution in [0.2, 0.25) is 0 Å². The van der Waals surface area contributed by atoms with E-state index in [1.807, 2.05) is 12.3 Å². The molecular formula is C24H27NO. The third-order valence-corrected chi connectivity index (χ3v) is 4.82. The van der Waals surface area contributed by atoms with E-state index in [1.54, 1.807) is 7.11 Å². The molecule has 3 rings (SSSR count). The molecule has 0 amide bonds. The summed E-state index contributed by atoms with van der Waals surface area (Å²) in [6, 6.07) is 19.0. The number of aliphatic imine (C=N–C) groups is 1. The number of hydrogen-bond donors (Lipinski definition) is 0. The van der Waals surface area contributed by atoms with E-state index in [0.717, 1.165) is 22.4 Å². The van der Waals surface area contributed by atoms with Gasteiger partial charge < -0.3 is 4.74 Å². The number of ether oxygens (including phenoxy) is 1. The molecule has 26 heavy (non-hydrogen) atoms. The van der Waals surface area contributed by atoms with Gasteiger partial charge in [0, 0.05) is 11.8 Å². The molecular weight excluding hydrogens is 318 g/mol. The summed E-state index contributed by atoms with van der Waals surface area (Å²) in [4.78, 5) is 4.97. The van der Waals surface area contributed by atoms with E-state index in [4.69, 9.17) is 9.73 Å². The third-order valence-electron chi connectivity index (χ3n) is 4.82. The Hall–Kier alpha value is -2.61. The molecule has 0 saturated carbocycles. The van der Waals surface area contributed by atoms with Gasteiger partial charge in [0.25, 0.3) is 0 Å². The van der Waals surface area contributed by atoms with Crippen LogP contribution in [0.15, 0.2) is 59.6 Å². The van der Waals surface area contributed by atoms with Gasteiger partial charge in [0.05, 0.1) is 12.8 Å². The van der Waals surface area contributed by atoms with Crippen molar-refractivity contribution in [2.24, 2.45) is 4.99 Å². The molecule has 0 aliphatic heterocycles. The molecule has 3 aromatic rings. The molecule has 0 radical (unpaired) electrons. The third kappa shape index (κ3) is 3.50. The van der Waals surface area contributed by atoms with E-state index in [9.17, 15) is 0 Å². The molecule has 0 bridgehead atoms. The van der Waals surface area contributed by atoms with Gasteiger partial charge in [-0.05, 0) is 39.8 Å². The highest BCUT2D eigenvalue weighted by Crippen LogP contribution is 2.35. The summed E-state index contributed by atoms with van der Waals surface area (Å²) in [7, 11) is 1.71. The first-order valence-electron chi connectivity index (χ1n) is 9.25. The number of fused-ring (bicyclic) bond motifs is 1. The van der Waals surface area contributed by atoms with Crippen LogP contribution in [0.3, 0.4) is 0 Å². The summed E-state index contributed by atoms with van der Waals surface area (Å²) in [6.45, 7) is 8.88. The van der Waals surface area contributed by atoms with Gasteiger partial charge in [0.15, 0.2) is 0 Å². The van der Waals surface area contributed by atoms with E-state index in [0.29, 0.717) is 11.8 Å². The topological polar surface area (TPSA) is 21.6 Å². The molecule has 0 saturated heterocycles. The molecule has 2 nitrogen and oxygen atoms in total. The number of hydrogen-bond acceptors (Lipinski definition) is 2. The maximum atomic E-state index is 5.61. The number of rotatable bonds is 5. The van der Waals surface area contributed by atoms with Crippen LogP contribution in [-0.2, 0) is 0 Å². The first kappa shape index (κ1) is 18.2. The average Bonchev–Trinajstić information content (AvgIpc) is 2.65. The summed E-state index contributed by atoms with van der Waals surface area (Å²) in [5.41, 5.74) is 4.68. The zero-order chi connectivity index (χ0) is 18.7. The first-order valence-corrected chi connectivity index (χ1v) is 9.25. The Morgan fingerprint density at radius 2 is 1.46 bits per heavy atom. The van der Waals surface area contributed by atoms with Crippen molar-refractivity contribution in [3.8, 4) is 5.75 Å². The van der Waals surface area contributed by atoms with Crippen LogP contribution in [0, 0.1) is 0 Å². The second kappa shape index (κ2) is 7.74. The molecule has 134 valence electrons. The fraction of sp³-hybridized carbons (Fsp3) is 0.292. The second-order valence-corrected chi connectivity index (χ2v) is 7.26. The lowest BCUT2D eigenvalue weighted by molar-refractivity contribution is 0.415. The van der Waals surface area contributed by atoms with E-state index >= 15 is 0 Å². The minimum absolute atomic E-state index is 0.426. The maximum Gasteiger partial charge on any atom is 0.128 e. The van der Waals surface area contributed by atoms with Gasteiger partial charge in [0.2, 0.25) is 0 Å². The smallest absolute Gasteiger partial charge is 0.128 e. The quantitative estimate of drug-likeness (QED) is 0.464. The summed E-state index contributed by atoms with van der Waals surface area (Å²) in [5.74, 6) is 1.70. The number of benzene rings is 3. The molecule has 3 aromatic carbocycles. The van der Waals surface area contributed by atoms with Crippen LogP contribution < -0.4 is 4.74 Å². The van der Waals surface area contributed by atoms with Crippen molar-refractivity contribution in [2.75, 3.05) is 7.11 Å². The van der Waals surface area contributed by atoms with E-state index in [-0.39, 0.29) is 0 Å². The number of nitrogens with zero attached hydrogens (tertiary/aromatic N) is 1. The number of para-hydroxylation sites is 1. The van der Waals surface area contributed by atoms with Gasteiger partial charge in [-0.15, -0.1) is 0 Å². The zero-order valence-electron chi connectivity index (χ0n) is 16.3. The summed E-state index contributed by atoms with van der Waals surface area (Å²) in [5, 5.41) is 2.35. The summed E-state index contributed by atoms with van der Waals surface area (Å²) >= 11 is 0. The molecule has 0 fully saturated rings.